The molecule has 0 aliphatic heterocycles. The lowest BCUT2D eigenvalue weighted by molar-refractivity contribution is 0.0519. The third kappa shape index (κ3) is 3.20. The van der Waals surface area contributed by atoms with E-state index in [4.69, 9.17) is 10.00 Å². The van der Waals surface area contributed by atoms with Crippen LogP contribution in [0.2, 0.25) is 0 Å². The molecule has 1 heterocycles. The topological polar surface area (TPSA) is 66.2 Å². The second-order valence-electron chi connectivity index (χ2n) is 3.94. The molecule has 1 rings (SSSR count). The number of carbonyl (C=O) groups is 1. The van der Waals surface area contributed by atoms with Gasteiger partial charge in [-0.25, -0.2) is 9.78 Å². The highest BCUT2D eigenvalue weighted by Crippen LogP contribution is 2.27. The molecular formula is C12H17N3O2S. The molecule has 1 atom stereocenters. The number of thiazole rings is 1. The molecule has 6 heteroatoms. The molecule has 0 fully saturated rings. The molecule has 0 saturated heterocycles. The maximum absolute atomic E-state index is 11.6. The lowest BCUT2D eigenvalue weighted by atomic mass is 10.2. The number of hydrogen-bond donors (Lipinski definition) is 0. The Labute approximate surface area is 111 Å². The van der Waals surface area contributed by atoms with E-state index >= 15 is 0 Å². The maximum atomic E-state index is 11.6. The van der Waals surface area contributed by atoms with Gasteiger partial charge in [0, 0.05) is 18.0 Å². The van der Waals surface area contributed by atoms with Crippen molar-refractivity contribution in [2.75, 3.05) is 18.6 Å². The standard InChI is InChI=1S/C12H17N3O2S/c1-5-17-11(16)10-9(3)18-12(14-10)15(4)8(2)6-7-13/h8H,5-6H2,1-4H3. The summed E-state index contributed by atoms with van der Waals surface area (Å²) in [4.78, 5) is 18.7. The number of anilines is 1. The molecule has 0 radical (unpaired) electrons. The van der Waals surface area contributed by atoms with Crippen LogP contribution in [0.3, 0.4) is 0 Å². The third-order valence-corrected chi connectivity index (χ3v) is 3.67. The summed E-state index contributed by atoms with van der Waals surface area (Å²) in [5.74, 6) is -0.390. The van der Waals surface area contributed by atoms with E-state index in [1.165, 1.54) is 11.3 Å². The second-order valence-corrected chi connectivity index (χ2v) is 5.13. The van der Waals surface area contributed by atoms with Gasteiger partial charge in [0.25, 0.3) is 0 Å². The van der Waals surface area contributed by atoms with Crippen LogP contribution in [0.4, 0.5) is 5.13 Å². The number of esters is 1. The smallest absolute Gasteiger partial charge is 0.358 e. The molecule has 0 N–H and O–H groups in total. The Bertz CT molecular complexity index is 464. The first-order valence-corrected chi connectivity index (χ1v) is 6.57. The molecule has 0 aromatic carbocycles. The summed E-state index contributed by atoms with van der Waals surface area (Å²) in [6, 6.07) is 2.19. The van der Waals surface area contributed by atoms with Gasteiger partial charge in [-0.3, -0.25) is 0 Å². The Balaban J connectivity index is 2.90. The number of hydrogen-bond acceptors (Lipinski definition) is 6. The van der Waals surface area contributed by atoms with Gasteiger partial charge in [-0.1, -0.05) is 0 Å². The first kappa shape index (κ1) is 14.5. The molecule has 1 aromatic heterocycles. The van der Waals surface area contributed by atoms with Crippen molar-refractivity contribution in [3.63, 3.8) is 0 Å². The number of nitrogens with zero attached hydrogens (tertiary/aromatic N) is 3. The Hall–Kier alpha value is -1.61. The quantitative estimate of drug-likeness (QED) is 0.766. The molecule has 98 valence electrons. The van der Waals surface area contributed by atoms with Crippen LogP contribution < -0.4 is 4.90 Å². The summed E-state index contributed by atoms with van der Waals surface area (Å²) in [6.45, 7) is 5.90. The Morgan fingerprint density at radius 2 is 2.33 bits per heavy atom. The summed E-state index contributed by atoms with van der Waals surface area (Å²) < 4.78 is 4.94. The Morgan fingerprint density at radius 1 is 1.67 bits per heavy atom. The molecule has 0 bridgehead atoms. The minimum atomic E-state index is -0.390. The monoisotopic (exact) mass is 267 g/mol. The van der Waals surface area contributed by atoms with Crippen molar-refractivity contribution in [3.05, 3.63) is 10.6 Å². The van der Waals surface area contributed by atoms with Gasteiger partial charge in [0.2, 0.25) is 0 Å². The second kappa shape index (κ2) is 6.36. The first-order chi connectivity index (χ1) is 8.51. The summed E-state index contributed by atoms with van der Waals surface area (Å²) in [6.07, 6.45) is 0.421. The summed E-state index contributed by atoms with van der Waals surface area (Å²) in [5.41, 5.74) is 0.368. The number of ether oxygens (including phenoxy) is 1. The molecule has 1 aromatic rings. The predicted octanol–water partition coefficient (Wildman–Crippen LogP) is 2.37. The minimum Gasteiger partial charge on any atom is -0.461 e. The van der Waals surface area contributed by atoms with E-state index in [0.29, 0.717) is 18.7 Å². The van der Waals surface area contributed by atoms with Crippen molar-refractivity contribution in [2.24, 2.45) is 0 Å². The summed E-state index contributed by atoms with van der Waals surface area (Å²) >= 11 is 1.44. The average molecular weight is 267 g/mol. The normalized spacial score (nSPS) is 11.7. The van der Waals surface area contributed by atoms with Crippen LogP contribution in [0.15, 0.2) is 0 Å². The maximum Gasteiger partial charge on any atom is 0.358 e. The van der Waals surface area contributed by atoms with Crippen LogP contribution >= 0.6 is 11.3 Å². The molecule has 0 saturated carbocycles. The summed E-state index contributed by atoms with van der Waals surface area (Å²) in [7, 11) is 1.87. The molecular weight excluding hydrogens is 250 g/mol. The van der Waals surface area contributed by atoms with E-state index in [2.05, 4.69) is 11.1 Å². The van der Waals surface area contributed by atoms with E-state index in [1.54, 1.807) is 6.92 Å². The fraction of sp³-hybridized carbons (Fsp3) is 0.583. The first-order valence-electron chi connectivity index (χ1n) is 5.75. The van der Waals surface area contributed by atoms with Gasteiger partial charge < -0.3 is 9.64 Å². The van der Waals surface area contributed by atoms with Crippen LogP contribution in [-0.4, -0.2) is 30.6 Å². The van der Waals surface area contributed by atoms with Crippen LogP contribution in [0.5, 0.6) is 0 Å². The Morgan fingerprint density at radius 3 is 2.89 bits per heavy atom. The van der Waals surface area contributed by atoms with Crippen molar-refractivity contribution in [3.8, 4) is 6.07 Å². The fourth-order valence-corrected chi connectivity index (χ4v) is 2.34. The van der Waals surface area contributed by atoms with Crippen LogP contribution in [0.25, 0.3) is 0 Å². The molecule has 0 spiro atoms. The zero-order valence-electron chi connectivity index (χ0n) is 11.1. The highest BCUT2D eigenvalue weighted by molar-refractivity contribution is 7.15. The van der Waals surface area contributed by atoms with E-state index in [-0.39, 0.29) is 12.0 Å². The molecule has 18 heavy (non-hydrogen) atoms. The molecule has 0 aliphatic rings. The van der Waals surface area contributed by atoms with E-state index in [0.717, 1.165) is 10.0 Å². The van der Waals surface area contributed by atoms with Crippen LogP contribution in [0.1, 0.15) is 35.6 Å². The number of aromatic nitrogens is 1. The third-order valence-electron chi connectivity index (χ3n) is 2.60. The number of aryl methyl sites for hydroxylation is 1. The van der Waals surface area contributed by atoms with E-state index < -0.39 is 0 Å². The van der Waals surface area contributed by atoms with Crippen molar-refractivity contribution in [1.82, 2.24) is 4.98 Å². The lowest BCUT2D eigenvalue weighted by Crippen LogP contribution is -2.28. The largest absolute Gasteiger partial charge is 0.461 e. The molecule has 0 aliphatic carbocycles. The van der Waals surface area contributed by atoms with Gasteiger partial charge in [0.05, 0.1) is 19.1 Å². The predicted molar refractivity (Wildman–Crippen MR) is 70.9 cm³/mol. The van der Waals surface area contributed by atoms with Crippen molar-refractivity contribution < 1.29 is 9.53 Å². The Kier molecular flexibility index (Phi) is 5.10. The van der Waals surface area contributed by atoms with Gasteiger partial charge >= 0.3 is 5.97 Å². The zero-order valence-corrected chi connectivity index (χ0v) is 11.9. The number of rotatable bonds is 5. The van der Waals surface area contributed by atoms with Crippen molar-refractivity contribution >= 4 is 22.4 Å². The molecule has 1 unspecified atom stereocenters. The highest BCUT2D eigenvalue weighted by Gasteiger charge is 2.20. The van der Waals surface area contributed by atoms with Crippen LogP contribution in [-0.2, 0) is 4.74 Å². The van der Waals surface area contributed by atoms with Crippen molar-refractivity contribution in [1.29, 1.82) is 5.26 Å². The van der Waals surface area contributed by atoms with E-state index in [1.807, 2.05) is 25.8 Å². The number of nitriles is 1. The average Bonchev–Trinajstić information content (AvgIpc) is 2.71. The SMILES string of the molecule is CCOC(=O)c1nc(N(C)C(C)CC#N)sc1C. The summed E-state index contributed by atoms with van der Waals surface area (Å²) in [5, 5.41) is 9.42. The molecule has 5 nitrogen and oxygen atoms in total. The van der Waals surface area contributed by atoms with Crippen LogP contribution in [0, 0.1) is 18.3 Å². The van der Waals surface area contributed by atoms with E-state index in [9.17, 15) is 4.79 Å². The van der Waals surface area contributed by atoms with Gasteiger partial charge in [0.15, 0.2) is 10.8 Å². The van der Waals surface area contributed by atoms with Crippen molar-refractivity contribution in [2.45, 2.75) is 33.2 Å². The molecule has 0 amide bonds. The highest BCUT2D eigenvalue weighted by atomic mass is 32.1. The fourth-order valence-electron chi connectivity index (χ4n) is 1.38. The lowest BCUT2D eigenvalue weighted by Gasteiger charge is -2.21. The van der Waals surface area contributed by atoms with Gasteiger partial charge in [0.1, 0.15) is 0 Å². The number of carbonyl (C=O) groups excluding carboxylic acids is 1. The minimum absolute atomic E-state index is 0.0654. The van der Waals surface area contributed by atoms with Gasteiger partial charge in [-0.15, -0.1) is 11.3 Å². The van der Waals surface area contributed by atoms with Gasteiger partial charge in [-0.2, -0.15) is 5.26 Å². The van der Waals surface area contributed by atoms with Gasteiger partial charge in [-0.05, 0) is 20.8 Å². The zero-order chi connectivity index (χ0) is 13.7.